The number of carbonyl (C=O) groups excluding carboxylic acids is 2. The van der Waals surface area contributed by atoms with Gasteiger partial charge < -0.3 is 5.32 Å². The number of hydrogen-bond acceptors (Lipinski definition) is 3. The molecule has 4 nitrogen and oxygen atoms in total. The lowest BCUT2D eigenvalue weighted by Crippen LogP contribution is -2.28. The zero-order valence-electron chi connectivity index (χ0n) is 19.1. The van der Waals surface area contributed by atoms with E-state index in [1.165, 1.54) is 5.56 Å². The molecule has 0 aromatic heterocycles. The Labute approximate surface area is 190 Å². The van der Waals surface area contributed by atoms with Gasteiger partial charge in [-0.25, -0.2) is 0 Å². The Kier molecular flexibility index (Phi) is 8.19. The highest BCUT2D eigenvalue weighted by Crippen LogP contribution is 2.42. The van der Waals surface area contributed by atoms with Gasteiger partial charge in [-0.2, -0.15) is 0 Å². The minimum Gasteiger partial charge on any atom is -0.326 e. The van der Waals surface area contributed by atoms with Crippen molar-refractivity contribution in [3.63, 3.8) is 0 Å². The molecule has 0 saturated carbocycles. The molecular formula is C26H34N2O2S. The topological polar surface area (TPSA) is 49.4 Å². The summed E-state index contributed by atoms with van der Waals surface area (Å²) in [6, 6.07) is 16.2. The Hall–Kier alpha value is -2.27. The third-order valence-corrected chi connectivity index (χ3v) is 7.13. The minimum atomic E-state index is -0.0867. The Balaban J connectivity index is 1.78. The fourth-order valence-electron chi connectivity index (χ4n) is 3.96. The molecule has 2 amide bonds. The summed E-state index contributed by atoms with van der Waals surface area (Å²) in [6.45, 7) is 8.55. The van der Waals surface area contributed by atoms with Gasteiger partial charge in [-0.3, -0.25) is 14.5 Å². The monoisotopic (exact) mass is 438 g/mol. The number of rotatable bonds is 9. The number of amides is 2. The summed E-state index contributed by atoms with van der Waals surface area (Å²) in [5.41, 5.74) is 4.01. The average molecular weight is 439 g/mol. The first-order valence-corrected chi connectivity index (χ1v) is 12.4. The minimum absolute atomic E-state index is 0.0435. The number of unbranched alkanes of at least 4 members (excludes halogenated alkanes) is 1. The Bertz CT molecular complexity index is 895. The zero-order valence-corrected chi connectivity index (χ0v) is 19.9. The summed E-state index contributed by atoms with van der Waals surface area (Å²) in [4.78, 5) is 27.3. The summed E-state index contributed by atoms with van der Waals surface area (Å²) in [7, 11) is 0. The van der Waals surface area contributed by atoms with Crippen molar-refractivity contribution in [2.45, 2.75) is 64.7 Å². The highest BCUT2D eigenvalue weighted by atomic mass is 32.2. The normalized spacial score (nSPS) is 17.3. The van der Waals surface area contributed by atoms with Gasteiger partial charge in [0.05, 0.1) is 5.75 Å². The molecule has 5 heteroatoms. The van der Waals surface area contributed by atoms with Crippen LogP contribution in [0.15, 0.2) is 48.5 Å². The lowest BCUT2D eigenvalue weighted by molar-refractivity contribution is -0.120. The molecule has 1 aliphatic rings. The predicted octanol–water partition coefficient (Wildman–Crippen LogP) is 6.74. The number of anilines is 2. The molecule has 0 radical (unpaired) electrons. The van der Waals surface area contributed by atoms with Crippen LogP contribution in [-0.4, -0.2) is 17.6 Å². The molecule has 0 bridgehead atoms. The molecule has 1 N–H and O–H groups in total. The van der Waals surface area contributed by atoms with E-state index in [0.717, 1.165) is 42.6 Å². The van der Waals surface area contributed by atoms with E-state index in [2.05, 4.69) is 45.1 Å². The van der Waals surface area contributed by atoms with Gasteiger partial charge in [0.2, 0.25) is 11.8 Å². The first kappa shape index (κ1) is 23.4. The van der Waals surface area contributed by atoms with Crippen LogP contribution in [0.1, 0.15) is 75.8 Å². The molecule has 1 fully saturated rings. The SMILES string of the molecule is CCCC[C@@H](CC)C(=O)Nc1cccc([C@H]2SCC(=O)N2c2ccc(C(C)C)cc2)c1. The second-order valence-electron chi connectivity index (χ2n) is 8.54. The highest BCUT2D eigenvalue weighted by molar-refractivity contribution is 8.00. The van der Waals surface area contributed by atoms with Crippen molar-refractivity contribution in [2.24, 2.45) is 5.92 Å². The van der Waals surface area contributed by atoms with Gasteiger partial charge in [-0.1, -0.05) is 64.8 Å². The average Bonchev–Trinajstić information content (AvgIpc) is 3.16. The van der Waals surface area contributed by atoms with Crippen LogP contribution in [0.3, 0.4) is 0 Å². The Morgan fingerprint density at radius 2 is 1.90 bits per heavy atom. The third kappa shape index (κ3) is 5.70. The fourth-order valence-corrected chi connectivity index (χ4v) is 5.12. The molecule has 166 valence electrons. The standard InChI is InChI=1S/C26H34N2O2S/c1-5-7-9-19(6-2)25(30)27-22-11-8-10-21(16-22)26-28(24(29)17-31-26)23-14-12-20(13-15-23)18(3)4/h8,10-16,18-19,26H,5-7,9,17H2,1-4H3,(H,27,30)/t19-,26-/m1/s1. The summed E-state index contributed by atoms with van der Waals surface area (Å²) < 4.78 is 0. The lowest BCUT2D eigenvalue weighted by atomic mass is 9.98. The quantitative estimate of drug-likeness (QED) is 0.471. The van der Waals surface area contributed by atoms with Gasteiger partial charge in [-0.15, -0.1) is 11.8 Å². The van der Waals surface area contributed by atoms with Crippen LogP contribution in [0.4, 0.5) is 11.4 Å². The van der Waals surface area contributed by atoms with Crippen molar-refractivity contribution in [1.82, 2.24) is 0 Å². The molecule has 2 aromatic carbocycles. The van der Waals surface area contributed by atoms with Gasteiger partial charge in [-0.05, 0) is 54.2 Å². The van der Waals surface area contributed by atoms with Gasteiger partial charge in [0.15, 0.2) is 0 Å². The number of carbonyl (C=O) groups is 2. The number of hydrogen-bond donors (Lipinski definition) is 1. The van der Waals surface area contributed by atoms with Crippen molar-refractivity contribution in [3.05, 3.63) is 59.7 Å². The molecule has 0 spiro atoms. The van der Waals surface area contributed by atoms with E-state index in [1.807, 2.05) is 41.3 Å². The van der Waals surface area contributed by atoms with E-state index in [0.29, 0.717) is 11.7 Å². The molecular weight excluding hydrogens is 404 g/mol. The van der Waals surface area contributed by atoms with Gasteiger partial charge in [0.1, 0.15) is 5.37 Å². The largest absolute Gasteiger partial charge is 0.326 e. The maximum absolute atomic E-state index is 12.7. The van der Waals surface area contributed by atoms with Crippen LogP contribution in [0.2, 0.25) is 0 Å². The Morgan fingerprint density at radius 3 is 2.55 bits per heavy atom. The number of nitrogens with one attached hydrogen (secondary N) is 1. The van der Waals surface area contributed by atoms with Crippen LogP contribution >= 0.6 is 11.8 Å². The van der Waals surface area contributed by atoms with Gasteiger partial charge in [0, 0.05) is 17.3 Å². The van der Waals surface area contributed by atoms with Crippen molar-refractivity contribution >= 4 is 35.0 Å². The molecule has 2 atom stereocenters. The lowest BCUT2D eigenvalue weighted by Gasteiger charge is -2.25. The van der Waals surface area contributed by atoms with E-state index in [1.54, 1.807) is 11.8 Å². The zero-order chi connectivity index (χ0) is 22.4. The van der Waals surface area contributed by atoms with Crippen LogP contribution in [0.5, 0.6) is 0 Å². The molecule has 3 rings (SSSR count). The van der Waals surface area contributed by atoms with E-state index in [9.17, 15) is 9.59 Å². The van der Waals surface area contributed by atoms with Crippen molar-refractivity contribution < 1.29 is 9.59 Å². The highest BCUT2D eigenvalue weighted by Gasteiger charge is 2.34. The van der Waals surface area contributed by atoms with Crippen LogP contribution < -0.4 is 10.2 Å². The summed E-state index contributed by atoms with van der Waals surface area (Å²) in [5, 5.41) is 3.01. The predicted molar refractivity (Wildman–Crippen MR) is 132 cm³/mol. The molecule has 0 unspecified atom stereocenters. The molecule has 31 heavy (non-hydrogen) atoms. The second kappa shape index (κ2) is 10.9. The maximum Gasteiger partial charge on any atom is 0.238 e. The summed E-state index contributed by atoms with van der Waals surface area (Å²) in [5.74, 6) is 1.17. The third-order valence-electron chi connectivity index (χ3n) is 5.91. The van der Waals surface area contributed by atoms with Crippen molar-refractivity contribution in [2.75, 3.05) is 16.0 Å². The fraction of sp³-hybridized carbons (Fsp3) is 0.462. The van der Waals surface area contributed by atoms with Crippen molar-refractivity contribution in [1.29, 1.82) is 0 Å². The van der Waals surface area contributed by atoms with E-state index in [4.69, 9.17) is 0 Å². The number of nitrogens with zero attached hydrogens (tertiary/aromatic N) is 1. The van der Waals surface area contributed by atoms with Crippen LogP contribution in [0, 0.1) is 5.92 Å². The first-order chi connectivity index (χ1) is 14.9. The maximum atomic E-state index is 12.7. The molecule has 1 saturated heterocycles. The van der Waals surface area contributed by atoms with Crippen LogP contribution in [0.25, 0.3) is 0 Å². The molecule has 1 heterocycles. The van der Waals surface area contributed by atoms with Crippen LogP contribution in [-0.2, 0) is 9.59 Å². The number of benzene rings is 2. The first-order valence-electron chi connectivity index (χ1n) is 11.4. The number of thioether (sulfide) groups is 1. The van der Waals surface area contributed by atoms with E-state index < -0.39 is 0 Å². The van der Waals surface area contributed by atoms with Crippen molar-refractivity contribution in [3.8, 4) is 0 Å². The van der Waals surface area contributed by atoms with Gasteiger partial charge in [0.25, 0.3) is 0 Å². The van der Waals surface area contributed by atoms with E-state index in [-0.39, 0.29) is 23.1 Å². The summed E-state index contributed by atoms with van der Waals surface area (Å²) in [6.07, 6.45) is 3.93. The molecule has 2 aromatic rings. The van der Waals surface area contributed by atoms with Gasteiger partial charge >= 0.3 is 0 Å². The van der Waals surface area contributed by atoms with E-state index >= 15 is 0 Å². The summed E-state index contributed by atoms with van der Waals surface area (Å²) >= 11 is 1.63. The molecule has 0 aliphatic carbocycles. The Morgan fingerprint density at radius 1 is 1.16 bits per heavy atom. The smallest absolute Gasteiger partial charge is 0.238 e. The molecule has 1 aliphatic heterocycles. The second-order valence-corrected chi connectivity index (χ2v) is 9.60.